The predicted molar refractivity (Wildman–Crippen MR) is 198 cm³/mol. The van der Waals surface area contributed by atoms with Crippen LogP contribution in [0.5, 0.6) is 0 Å². The smallest absolute Gasteiger partial charge is 0.000653 e. The summed E-state index contributed by atoms with van der Waals surface area (Å²) in [5, 5.41) is 22.0. The summed E-state index contributed by atoms with van der Waals surface area (Å²) in [6.07, 6.45) is 15.3. The molecular formula is C36H78N10. The summed E-state index contributed by atoms with van der Waals surface area (Å²) in [6, 6.07) is 0. The molecule has 46 heavy (non-hydrogen) atoms. The SMILES string of the molecule is C1CNCCCN(CCCN2CCCNCCCN(CCCN3CCCNCCCNCCC3)CCCNCCC2)CCCNC1. The van der Waals surface area contributed by atoms with Crippen LogP contribution in [0.15, 0.2) is 0 Å². The highest BCUT2D eigenvalue weighted by Gasteiger charge is 2.11. The number of nitrogens with one attached hydrogen (secondary N) is 6. The van der Waals surface area contributed by atoms with Crippen molar-refractivity contribution in [2.24, 2.45) is 0 Å². The quantitative estimate of drug-likeness (QED) is 0.232. The number of hydrogen-bond acceptors (Lipinski definition) is 10. The zero-order chi connectivity index (χ0) is 32.0. The summed E-state index contributed by atoms with van der Waals surface area (Å²) < 4.78 is 0. The Morgan fingerprint density at radius 3 is 0.609 bits per heavy atom. The largest absolute Gasteiger partial charge is 0.317 e. The topological polar surface area (TPSA) is 85.1 Å². The van der Waals surface area contributed by atoms with Gasteiger partial charge in [0.2, 0.25) is 0 Å². The van der Waals surface area contributed by atoms with Crippen LogP contribution >= 0.6 is 0 Å². The fraction of sp³-hybridized carbons (Fsp3) is 1.00. The fourth-order valence-electron chi connectivity index (χ4n) is 7.23. The first-order chi connectivity index (χ1) is 22.9. The van der Waals surface area contributed by atoms with Crippen LogP contribution in [0.2, 0.25) is 0 Å². The molecule has 3 saturated heterocycles. The van der Waals surface area contributed by atoms with Gasteiger partial charge in [0.1, 0.15) is 0 Å². The Labute approximate surface area is 285 Å². The molecule has 0 aliphatic carbocycles. The molecule has 3 heterocycles. The molecule has 3 fully saturated rings. The highest BCUT2D eigenvalue weighted by atomic mass is 15.2. The Kier molecular flexibility index (Phi) is 25.7. The average molecular weight is 651 g/mol. The van der Waals surface area contributed by atoms with Gasteiger partial charge in [0.15, 0.2) is 0 Å². The first kappa shape index (κ1) is 40.0. The van der Waals surface area contributed by atoms with Crippen LogP contribution in [0.1, 0.15) is 77.0 Å². The molecule has 0 aromatic carbocycles. The zero-order valence-electron chi connectivity index (χ0n) is 30.2. The van der Waals surface area contributed by atoms with E-state index in [2.05, 4.69) is 51.5 Å². The lowest BCUT2D eigenvalue weighted by Gasteiger charge is -2.27. The Hall–Kier alpha value is -0.400. The van der Waals surface area contributed by atoms with Crippen molar-refractivity contribution in [1.29, 1.82) is 0 Å². The van der Waals surface area contributed by atoms with Crippen LogP contribution in [0.4, 0.5) is 0 Å². The van der Waals surface area contributed by atoms with E-state index in [1.165, 1.54) is 156 Å². The van der Waals surface area contributed by atoms with Crippen LogP contribution in [0, 0.1) is 0 Å². The Morgan fingerprint density at radius 2 is 0.413 bits per heavy atom. The molecule has 0 aromatic heterocycles. The second-order valence-corrected chi connectivity index (χ2v) is 14.1. The van der Waals surface area contributed by atoms with E-state index in [1.807, 2.05) is 0 Å². The molecule has 10 nitrogen and oxygen atoms in total. The molecule has 0 spiro atoms. The Bertz CT molecular complexity index is 562. The molecule has 0 bridgehead atoms. The molecule has 3 rings (SSSR count). The minimum absolute atomic E-state index is 1.15. The Balaban J connectivity index is 1.31. The van der Waals surface area contributed by atoms with Gasteiger partial charge in [0, 0.05) is 0 Å². The minimum atomic E-state index is 1.15. The van der Waals surface area contributed by atoms with Gasteiger partial charge in [0.25, 0.3) is 0 Å². The number of nitrogens with zero attached hydrogens (tertiary/aromatic N) is 4. The van der Waals surface area contributed by atoms with Crippen LogP contribution in [0.25, 0.3) is 0 Å². The van der Waals surface area contributed by atoms with Crippen LogP contribution in [-0.4, -0.2) is 177 Å². The van der Waals surface area contributed by atoms with Gasteiger partial charge >= 0.3 is 0 Å². The van der Waals surface area contributed by atoms with Crippen molar-refractivity contribution in [2.75, 3.05) is 157 Å². The summed E-state index contributed by atoms with van der Waals surface area (Å²) in [5.74, 6) is 0. The predicted octanol–water partition coefficient (Wildman–Crippen LogP) is 1.45. The van der Waals surface area contributed by atoms with Crippen molar-refractivity contribution in [3.63, 3.8) is 0 Å². The molecule has 3 aliphatic rings. The Morgan fingerprint density at radius 1 is 0.239 bits per heavy atom. The van der Waals surface area contributed by atoms with Crippen molar-refractivity contribution < 1.29 is 0 Å². The van der Waals surface area contributed by atoms with Crippen molar-refractivity contribution in [3.05, 3.63) is 0 Å². The standard InChI is InChI=1S/C36H78N10/c1-13-37-17-3-25-43(26-4-18-38-14-1)33-11-35-45-29-7-21-41-23-9-31-46(32-10-24-42-22-8-30-45)36-12-34-44-27-5-19-39-15-2-16-40-20-6-28-44/h37-42H,1-36H2. The van der Waals surface area contributed by atoms with Crippen molar-refractivity contribution in [1.82, 2.24) is 51.5 Å². The van der Waals surface area contributed by atoms with Crippen LogP contribution < -0.4 is 31.9 Å². The third kappa shape index (κ3) is 22.3. The summed E-state index contributed by atoms with van der Waals surface area (Å²) >= 11 is 0. The number of rotatable bonds is 8. The second-order valence-electron chi connectivity index (χ2n) is 14.1. The summed E-state index contributed by atoms with van der Waals surface area (Å²) in [6.45, 7) is 28.7. The third-order valence-corrected chi connectivity index (χ3v) is 9.93. The minimum Gasteiger partial charge on any atom is -0.317 e. The second kappa shape index (κ2) is 29.5. The van der Waals surface area contributed by atoms with Crippen molar-refractivity contribution in [2.45, 2.75) is 77.0 Å². The van der Waals surface area contributed by atoms with E-state index in [1.54, 1.807) is 0 Å². The first-order valence-electron chi connectivity index (χ1n) is 20.0. The van der Waals surface area contributed by atoms with E-state index in [-0.39, 0.29) is 0 Å². The molecule has 272 valence electrons. The van der Waals surface area contributed by atoms with Gasteiger partial charge in [-0.1, -0.05) is 0 Å². The molecule has 10 heteroatoms. The first-order valence-corrected chi connectivity index (χ1v) is 20.0. The maximum atomic E-state index is 3.78. The van der Waals surface area contributed by atoms with Gasteiger partial charge < -0.3 is 51.5 Å². The normalized spacial score (nSPS) is 25.0. The lowest BCUT2D eigenvalue weighted by Crippen LogP contribution is -2.37. The van der Waals surface area contributed by atoms with Gasteiger partial charge in [-0.05, 0) is 234 Å². The summed E-state index contributed by atoms with van der Waals surface area (Å²) in [7, 11) is 0. The molecular weight excluding hydrogens is 572 g/mol. The average Bonchev–Trinajstić information content (AvgIpc) is 3.04. The van der Waals surface area contributed by atoms with E-state index >= 15 is 0 Å². The van der Waals surface area contributed by atoms with E-state index in [9.17, 15) is 0 Å². The number of hydrogen-bond donors (Lipinski definition) is 6. The van der Waals surface area contributed by atoms with E-state index in [0.717, 1.165) is 78.5 Å². The molecule has 0 aromatic rings. The highest BCUT2D eigenvalue weighted by Crippen LogP contribution is 2.04. The molecule has 6 N–H and O–H groups in total. The van der Waals surface area contributed by atoms with Gasteiger partial charge in [0.05, 0.1) is 0 Å². The molecule has 0 saturated carbocycles. The van der Waals surface area contributed by atoms with Gasteiger partial charge in [-0.25, -0.2) is 0 Å². The van der Waals surface area contributed by atoms with Crippen LogP contribution in [0.3, 0.4) is 0 Å². The molecule has 3 aliphatic heterocycles. The monoisotopic (exact) mass is 651 g/mol. The summed E-state index contributed by atoms with van der Waals surface area (Å²) in [5.41, 5.74) is 0. The van der Waals surface area contributed by atoms with Gasteiger partial charge in [-0.2, -0.15) is 0 Å². The highest BCUT2D eigenvalue weighted by molar-refractivity contribution is 4.69. The maximum Gasteiger partial charge on any atom is -0.000653 e. The third-order valence-electron chi connectivity index (χ3n) is 9.93. The van der Waals surface area contributed by atoms with E-state index in [0.29, 0.717) is 0 Å². The van der Waals surface area contributed by atoms with E-state index < -0.39 is 0 Å². The molecule has 0 unspecified atom stereocenters. The molecule has 0 amide bonds. The lowest BCUT2D eigenvalue weighted by molar-refractivity contribution is 0.213. The fourth-order valence-corrected chi connectivity index (χ4v) is 7.23. The van der Waals surface area contributed by atoms with Crippen molar-refractivity contribution >= 4 is 0 Å². The maximum absolute atomic E-state index is 3.78. The van der Waals surface area contributed by atoms with E-state index in [4.69, 9.17) is 0 Å². The molecule has 0 atom stereocenters. The zero-order valence-corrected chi connectivity index (χ0v) is 30.2. The van der Waals surface area contributed by atoms with Crippen molar-refractivity contribution in [3.8, 4) is 0 Å². The summed E-state index contributed by atoms with van der Waals surface area (Å²) in [4.78, 5) is 11.0. The van der Waals surface area contributed by atoms with Gasteiger partial charge in [-0.3, -0.25) is 0 Å². The molecule has 0 radical (unpaired) electrons. The lowest BCUT2D eigenvalue weighted by atomic mass is 10.2. The van der Waals surface area contributed by atoms with Gasteiger partial charge in [-0.15, -0.1) is 0 Å². The van der Waals surface area contributed by atoms with Crippen LogP contribution in [-0.2, 0) is 0 Å².